The van der Waals surface area contributed by atoms with Gasteiger partial charge in [0.15, 0.2) is 10.4 Å². The Morgan fingerprint density at radius 1 is 1.30 bits per heavy atom. The number of aromatic amines is 1. The third kappa shape index (κ3) is 2.16. The zero-order chi connectivity index (χ0) is 14.1. The van der Waals surface area contributed by atoms with Crippen LogP contribution >= 0.6 is 12.2 Å². The molecule has 20 heavy (non-hydrogen) atoms. The number of aryl methyl sites for hydroxylation is 1. The molecule has 3 nitrogen and oxygen atoms in total. The standard InChI is InChI=1S/C16H17N3S/c1-3-14(12-7-5-4-6-8-12)19-15-13(18-16(19)20)9-11(2)10-17-15/h4-10,14H,3H2,1-2H3,(H,18,20). The number of hydrogen-bond donors (Lipinski definition) is 1. The zero-order valence-electron chi connectivity index (χ0n) is 11.6. The molecule has 1 unspecified atom stereocenters. The van der Waals surface area contributed by atoms with Crippen molar-refractivity contribution < 1.29 is 0 Å². The largest absolute Gasteiger partial charge is 0.329 e. The molecule has 0 saturated heterocycles. The minimum Gasteiger partial charge on any atom is -0.329 e. The summed E-state index contributed by atoms with van der Waals surface area (Å²) >= 11 is 5.51. The Morgan fingerprint density at radius 3 is 2.75 bits per heavy atom. The highest BCUT2D eigenvalue weighted by Gasteiger charge is 2.16. The second kappa shape index (κ2) is 5.21. The second-order valence-corrected chi connectivity index (χ2v) is 5.41. The molecule has 0 aliphatic carbocycles. The van der Waals surface area contributed by atoms with Crippen LogP contribution in [0.3, 0.4) is 0 Å². The summed E-state index contributed by atoms with van der Waals surface area (Å²) in [6, 6.07) is 12.7. The third-order valence-corrected chi connectivity index (χ3v) is 3.87. The van der Waals surface area contributed by atoms with Gasteiger partial charge in [0.25, 0.3) is 0 Å². The minimum atomic E-state index is 0.215. The van der Waals surface area contributed by atoms with E-state index in [0.717, 1.165) is 27.9 Å². The summed E-state index contributed by atoms with van der Waals surface area (Å²) in [5, 5.41) is 0. The molecule has 1 atom stereocenters. The summed E-state index contributed by atoms with van der Waals surface area (Å²) in [6.45, 7) is 4.21. The quantitative estimate of drug-likeness (QED) is 0.723. The molecular formula is C16H17N3S. The lowest BCUT2D eigenvalue weighted by molar-refractivity contribution is 0.571. The number of rotatable bonds is 3. The number of nitrogens with zero attached hydrogens (tertiary/aromatic N) is 2. The van der Waals surface area contributed by atoms with Crippen LogP contribution in [0, 0.1) is 11.7 Å². The van der Waals surface area contributed by atoms with Crippen molar-refractivity contribution in [2.75, 3.05) is 0 Å². The highest BCUT2D eigenvalue weighted by Crippen LogP contribution is 2.26. The van der Waals surface area contributed by atoms with Crippen LogP contribution in [-0.2, 0) is 0 Å². The molecule has 1 N–H and O–H groups in total. The van der Waals surface area contributed by atoms with Crippen molar-refractivity contribution in [1.82, 2.24) is 14.5 Å². The molecule has 4 heteroatoms. The number of fused-ring (bicyclic) bond motifs is 1. The number of nitrogens with one attached hydrogen (secondary N) is 1. The van der Waals surface area contributed by atoms with Gasteiger partial charge >= 0.3 is 0 Å². The predicted molar refractivity (Wildman–Crippen MR) is 84.5 cm³/mol. The lowest BCUT2D eigenvalue weighted by Crippen LogP contribution is -2.10. The van der Waals surface area contributed by atoms with E-state index in [9.17, 15) is 0 Å². The molecule has 102 valence electrons. The summed E-state index contributed by atoms with van der Waals surface area (Å²) in [4.78, 5) is 7.83. The summed E-state index contributed by atoms with van der Waals surface area (Å²) in [7, 11) is 0. The molecule has 0 aliphatic heterocycles. The van der Waals surface area contributed by atoms with E-state index in [1.165, 1.54) is 5.56 Å². The average molecular weight is 283 g/mol. The van der Waals surface area contributed by atoms with Gasteiger partial charge in [-0.1, -0.05) is 37.3 Å². The molecule has 3 aromatic rings. The van der Waals surface area contributed by atoms with Gasteiger partial charge < -0.3 is 4.98 Å². The normalized spacial score (nSPS) is 12.7. The van der Waals surface area contributed by atoms with Gasteiger partial charge in [0.2, 0.25) is 0 Å². The maximum atomic E-state index is 5.51. The van der Waals surface area contributed by atoms with Crippen molar-refractivity contribution in [3.63, 3.8) is 0 Å². The van der Waals surface area contributed by atoms with E-state index < -0.39 is 0 Å². The predicted octanol–water partition coefficient (Wildman–Crippen LogP) is 4.40. The number of imidazole rings is 1. The second-order valence-electron chi connectivity index (χ2n) is 5.02. The fourth-order valence-electron chi connectivity index (χ4n) is 2.65. The molecule has 0 spiro atoms. The molecule has 3 rings (SSSR count). The van der Waals surface area contributed by atoms with Crippen molar-refractivity contribution in [3.8, 4) is 0 Å². The molecule has 0 aliphatic rings. The fraction of sp³-hybridized carbons (Fsp3) is 0.250. The van der Waals surface area contributed by atoms with E-state index in [1.807, 2.05) is 19.2 Å². The first-order valence-electron chi connectivity index (χ1n) is 6.82. The molecule has 0 bridgehead atoms. The summed E-state index contributed by atoms with van der Waals surface area (Å²) < 4.78 is 2.85. The Labute approximate surface area is 123 Å². The molecule has 2 heterocycles. The van der Waals surface area contributed by atoms with Crippen LogP contribution in [-0.4, -0.2) is 14.5 Å². The number of aromatic nitrogens is 3. The zero-order valence-corrected chi connectivity index (χ0v) is 12.4. The average Bonchev–Trinajstić information content (AvgIpc) is 2.77. The van der Waals surface area contributed by atoms with Gasteiger partial charge in [-0.3, -0.25) is 4.57 Å². The van der Waals surface area contributed by atoms with Crippen LogP contribution in [0.4, 0.5) is 0 Å². The number of benzene rings is 1. The van der Waals surface area contributed by atoms with Crippen molar-refractivity contribution in [2.24, 2.45) is 0 Å². The van der Waals surface area contributed by atoms with E-state index >= 15 is 0 Å². The van der Waals surface area contributed by atoms with Gasteiger partial charge in [-0.05, 0) is 42.8 Å². The molecule has 0 radical (unpaired) electrons. The lowest BCUT2D eigenvalue weighted by Gasteiger charge is -2.17. The Balaban J connectivity index is 2.22. The van der Waals surface area contributed by atoms with Gasteiger partial charge in [-0.25, -0.2) is 4.98 Å². The van der Waals surface area contributed by atoms with Crippen molar-refractivity contribution >= 4 is 23.4 Å². The maximum Gasteiger partial charge on any atom is 0.179 e. The van der Waals surface area contributed by atoms with Crippen LogP contribution in [0.1, 0.15) is 30.5 Å². The number of hydrogen-bond acceptors (Lipinski definition) is 2. The highest BCUT2D eigenvalue weighted by atomic mass is 32.1. The molecule has 0 saturated carbocycles. The fourth-order valence-corrected chi connectivity index (χ4v) is 2.97. The summed E-state index contributed by atoms with van der Waals surface area (Å²) in [5.74, 6) is 0. The Morgan fingerprint density at radius 2 is 2.05 bits per heavy atom. The Bertz CT molecular complexity index is 786. The van der Waals surface area contributed by atoms with Gasteiger partial charge in [0.05, 0.1) is 11.6 Å². The van der Waals surface area contributed by atoms with E-state index in [4.69, 9.17) is 12.2 Å². The summed E-state index contributed by atoms with van der Waals surface area (Å²) in [5.41, 5.74) is 4.32. The first kappa shape index (κ1) is 13.1. The molecule has 0 amide bonds. The van der Waals surface area contributed by atoms with Crippen LogP contribution in [0.2, 0.25) is 0 Å². The van der Waals surface area contributed by atoms with Crippen molar-refractivity contribution in [2.45, 2.75) is 26.3 Å². The van der Waals surface area contributed by atoms with Crippen LogP contribution in [0.25, 0.3) is 11.2 Å². The number of pyridine rings is 1. The van der Waals surface area contributed by atoms with Gasteiger partial charge in [-0.15, -0.1) is 0 Å². The highest BCUT2D eigenvalue weighted by molar-refractivity contribution is 7.71. The Kier molecular flexibility index (Phi) is 3.40. The van der Waals surface area contributed by atoms with E-state index in [0.29, 0.717) is 0 Å². The first-order chi connectivity index (χ1) is 9.70. The summed E-state index contributed by atoms with van der Waals surface area (Å²) in [6.07, 6.45) is 2.86. The van der Waals surface area contributed by atoms with Crippen LogP contribution in [0.5, 0.6) is 0 Å². The smallest absolute Gasteiger partial charge is 0.179 e. The Hall–Kier alpha value is -1.94. The van der Waals surface area contributed by atoms with Crippen molar-refractivity contribution in [3.05, 3.63) is 58.5 Å². The number of H-pyrrole nitrogens is 1. The van der Waals surface area contributed by atoms with E-state index in [-0.39, 0.29) is 6.04 Å². The monoisotopic (exact) mass is 283 g/mol. The van der Waals surface area contributed by atoms with Crippen LogP contribution < -0.4 is 0 Å². The van der Waals surface area contributed by atoms with Crippen LogP contribution in [0.15, 0.2) is 42.6 Å². The molecular weight excluding hydrogens is 266 g/mol. The lowest BCUT2D eigenvalue weighted by atomic mass is 10.0. The third-order valence-electron chi connectivity index (χ3n) is 3.57. The maximum absolute atomic E-state index is 5.51. The van der Waals surface area contributed by atoms with Gasteiger partial charge in [-0.2, -0.15) is 0 Å². The minimum absolute atomic E-state index is 0.215. The van der Waals surface area contributed by atoms with E-state index in [1.54, 1.807) is 0 Å². The van der Waals surface area contributed by atoms with Gasteiger partial charge in [0.1, 0.15) is 0 Å². The van der Waals surface area contributed by atoms with E-state index in [2.05, 4.69) is 51.8 Å². The first-order valence-corrected chi connectivity index (χ1v) is 7.23. The van der Waals surface area contributed by atoms with Gasteiger partial charge in [0, 0.05) is 6.20 Å². The molecule has 0 fully saturated rings. The molecule has 1 aromatic carbocycles. The molecule has 2 aromatic heterocycles. The topological polar surface area (TPSA) is 33.6 Å². The SMILES string of the molecule is CCC(c1ccccc1)n1c(=S)[nH]c2cc(C)cnc21. The van der Waals surface area contributed by atoms with Crippen molar-refractivity contribution in [1.29, 1.82) is 0 Å².